The lowest BCUT2D eigenvalue weighted by molar-refractivity contribution is -0.0280. The molecule has 0 bridgehead atoms. The summed E-state index contributed by atoms with van der Waals surface area (Å²) in [5.74, 6) is 1.33. The predicted molar refractivity (Wildman–Crippen MR) is 98.8 cm³/mol. The molecule has 1 aliphatic rings. The van der Waals surface area contributed by atoms with Gasteiger partial charge in [0.1, 0.15) is 18.0 Å². The third-order valence-electron chi connectivity index (χ3n) is 4.45. The third-order valence-corrected chi connectivity index (χ3v) is 4.70. The van der Waals surface area contributed by atoms with Crippen molar-refractivity contribution in [1.82, 2.24) is 14.5 Å². The fourth-order valence-electron chi connectivity index (χ4n) is 3.21. The van der Waals surface area contributed by atoms with Gasteiger partial charge in [-0.3, -0.25) is 4.90 Å². The number of piperidine rings is 1. The van der Waals surface area contributed by atoms with Crippen LogP contribution in [-0.2, 0) is 13.1 Å². The molecule has 25 heavy (non-hydrogen) atoms. The van der Waals surface area contributed by atoms with Crippen LogP contribution in [0.15, 0.2) is 36.8 Å². The molecule has 1 aliphatic heterocycles. The number of aliphatic hydroxyl groups excluding tert-OH is 1. The minimum atomic E-state index is -0.508. The summed E-state index contributed by atoms with van der Waals surface area (Å²) in [5, 5.41) is 11.2. The number of benzene rings is 1. The van der Waals surface area contributed by atoms with Gasteiger partial charge in [-0.05, 0) is 36.6 Å². The number of aliphatic hydroxyl groups is 1. The summed E-state index contributed by atoms with van der Waals surface area (Å²) < 4.78 is 8.13. The third kappa shape index (κ3) is 4.97. The van der Waals surface area contributed by atoms with E-state index in [1.165, 1.54) is 5.69 Å². The lowest BCUT2D eigenvalue weighted by Crippen LogP contribution is -2.48. The molecule has 2 atom stereocenters. The molecule has 0 unspecified atom stereocenters. The lowest BCUT2D eigenvalue weighted by Gasteiger charge is -2.36. The number of imidazole rings is 1. The number of likely N-dealkylation sites (tertiary alicyclic amines) is 1. The Kier molecular flexibility index (Phi) is 5.99. The highest BCUT2D eigenvalue weighted by Crippen LogP contribution is 2.22. The zero-order chi connectivity index (χ0) is 17.8. The molecule has 3 rings (SSSR count). The second-order valence-corrected chi connectivity index (χ2v) is 7.57. The van der Waals surface area contributed by atoms with Gasteiger partial charge in [0.25, 0.3) is 0 Å². The second-order valence-electron chi connectivity index (χ2n) is 7.13. The van der Waals surface area contributed by atoms with Crippen LogP contribution in [0.3, 0.4) is 0 Å². The fraction of sp³-hybridized carbons (Fsp3) is 0.526. The molecule has 1 saturated heterocycles. The minimum Gasteiger partial charge on any atom is -0.488 e. The fourth-order valence-corrected chi connectivity index (χ4v) is 3.34. The van der Waals surface area contributed by atoms with Crippen LogP contribution in [0.2, 0.25) is 5.02 Å². The molecule has 1 N–H and O–H groups in total. The standard InChI is InChI=1S/C19H26ClN3O2/c1-14(2)10-23-13-21-9-16(23)11-22-8-7-19(18(24)12-22)25-17-5-3-15(20)4-6-17/h3-6,9,13-14,18-19,24H,7-8,10-12H2,1-2H3/t18-,19-/m1/s1. The summed E-state index contributed by atoms with van der Waals surface area (Å²) in [6.45, 7) is 7.67. The summed E-state index contributed by atoms with van der Waals surface area (Å²) in [4.78, 5) is 6.54. The van der Waals surface area contributed by atoms with E-state index in [0.29, 0.717) is 17.5 Å². The van der Waals surface area contributed by atoms with Crippen molar-refractivity contribution in [1.29, 1.82) is 0 Å². The van der Waals surface area contributed by atoms with Crippen molar-refractivity contribution in [2.24, 2.45) is 5.92 Å². The monoisotopic (exact) mass is 363 g/mol. The molecule has 0 aliphatic carbocycles. The van der Waals surface area contributed by atoms with Crippen LogP contribution in [0.4, 0.5) is 0 Å². The topological polar surface area (TPSA) is 50.5 Å². The Morgan fingerprint density at radius 2 is 2.08 bits per heavy atom. The van der Waals surface area contributed by atoms with Crippen molar-refractivity contribution in [3.63, 3.8) is 0 Å². The van der Waals surface area contributed by atoms with Gasteiger partial charge in [-0.25, -0.2) is 4.98 Å². The zero-order valence-electron chi connectivity index (χ0n) is 14.8. The Labute approximate surface area is 154 Å². The molecular formula is C19H26ClN3O2. The highest BCUT2D eigenvalue weighted by molar-refractivity contribution is 6.30. The number of β-amino-alcohol motifs (C(OH)–C–C–N with tert-alkyl or cyclic N) is 1. The highest BCUT2D eigenvalue weighted by Gasteiger charge is 2.29. The van der Waals surface area contributed by atoms with Crippen LogP contribution < -0.4 is 4.74 Å². The second kappa shape index (κ2) is 8.21. The maximum absolute atomic E-state index is 10.5. The Morgan fingerprint density at radius 1 is 1.32 bits per heavy atom. The van der Waals surface area contributed by atoms with Gasteiger partial charge in [-0.2, -0.15) is 0 Å². The maximum atomic E-state index is 10.5. The molecule has 0 amide bonds. The Hall–Kier alpha value is -1.56. The first kappa shape index (κ1) is 18.2. The van der Waals surface area contributed by atoms with Crippen LogP contribution in [0.5, 0.6) is 5.75 Å². The zero-order valence-corrected chi connectivity index (χ0v) is 15.6. The van der Waals surface area contributed by atoms with Gasteiger partial charge in [-0.1, -0.05) is 25.4 Å². The molecule has 1 aromatic carbocycles. The van der Waals surface area contributed by atoms with E-state index < -0.39 is 6.10 Å². The first-order chi connectivity index (χ1) is 12.0. The summed E-state index contributed by atoms with van der Waals surface area (Å²) >= 11 is 5.90. The number of aromatic nitrogens is 2. The Balaban J connectivity index is 1.55. The van der Waals surface area contributed by atoms with E-state index in [1.807, 2.05) is 24.7 Å². The normalized spacial score (nSPS) is 21.6. The van der Waals surface area contributed by atoms with Gasteiger partial charge in [0.05, 0.1) is 12.0 Å². The molecular weight excluding hydrogens is 338 g/mol. The van der Waals surface area contributed by atoms with Crippen LogP contribution >= 0.6 is 11.6 Å². The van der Waals surface area contributed by atoms with Gasteiger partial charge < -0.3 is 14.4 Å². The first-order valence-corrected chi connectivity index (χ1v) is 9.20. The summed E-state index contributed by atoms with van der Waals surface area (Å²) in [6, 6.07) is 7.28. The van der Waals surface area contributed by atoms with Gasteiger partial charge in [0.2, 0.25) is 0 Å². The largest absolute Gasteiger partial charge is 0.488 e. The molecule has 6 heteroatoms. The van der Waals surface area contributed by atoms with Crippen molar-refractivity contribution >= 4 is 11.6 Å². The number of halogens is 1. The summed E-state index contributed by atoms with van der Waals surface area (Å²) in [5.41, 5.74) is 1.19. The molecule has 0 saturated carbocycles. The van der Waals surface area contributed by atoms with Gasteiger partial charge >= 0.3 is 0 Å². The molecule has 5 nitrogen and oxygen atoms in total. The van der Waals surface area contributed by atoms with E-state index in [1.54, 1.807) is 12.1 Å². The predicted octanol–water partition coefficient (Wildman–Crippen LogP) is 3.21. The molecule has 0 spiro atoms. The van der Waals surface area contributed by atoms with Crippen LogP contribution in [0.25, 0.3) is 0 Å². The molecule has 136 valence electrons. The summed E-state index contributed by atoms with van der Waals surface area (Å²) in [7, 11) is 0. The summed E-state index contributed by atoms with van der Waals surface area (Å²) in [6.07, 6.45) is 3.92. The number of ether oxygens (including phenoxy) is 1. The number of rotatable bonds is 6. The quantitative estimate of drug-likeness (QED) is 0.856. The SMILES string of the molecule is CC(C)Cn1cncc1CN1CC[C@@H](Oc2ccc(Cl)cc2)[C@H](O)C1. The molecule has 2 heterocycles. The van der Waals surface area contributed by atoms with E-state index in [0.717, 1.165) is 31.8 Å². The van der Waals surface area contributed by atoms with Crippen molar-refractivity contribution in [3.05, 3.63) is 47.5 Å². The van der Waals surface area contributed by atoms with Crippen LogP contribution in [-0.4, -0.2) is 44.9 Å². The van der Waals surface area contributed by atoms with Crippen LogP contribution in [0, 0.1) is 5.92 Å². The van der Waals surface area contributed by atoms with E-state index in [-0.39, 0.29) is 6.10 Å². The van der Waals surface area contributed by atoms with Crippen molar-refractivity contribution in [3.8, 4) is 5.75 Å². The average Bonchev–Trinajstić information content (AvgIpc) is 2.98. The van der Waals surface area contributed by atoms with Crippen molar-refractivity contribution in [2.75, 3.05) is 13.1 Å². The average molecular weight is 364 g/mol. The Bertz CT molecular complexity index is 672. The molecule has 1 fully saturated rings. The van der Waals surface area contributed by atoms with Crippen molar-refractivity contribution < 1.29 is 9.84 Å². The number of hydrogen-bond donors (Lipinski definition) is 1. The van der Waals surface area contributed by atoms with E-state index in [9.17, 15) is 5.11 Å². The van der Waals surface area contributed by atoms with Gasteiger partial charge in [-0.15, -0.1) is 0 Å². The van der Waals surface area contributed by atoms with Gasteiger partial charge in [0, 0.05) is 37.4 Å². The number of hydrogen-bond acceptors (Lipinski definition) is 4. The Morgan fingerprint density at radius 3 is 2.76 bits per heavy atom. The molecule has 1 aromatic heterocycles. The van der Waals surface area contributed by atoms with E-state index in [4.69, 9.17) is 16.3 Å². The maximum Gasteiger partial charge on any atom is 0.127 e. The van der Waals surface area contributed by atoms with Crippen molar-refractivity contribution in [2.45, 2.75) is 45.6 Å². The first-order valence-electron chi connectivity index (χ1n) is 8.83. The van der Waals surface area contributed by atoms with Crippen LogP contribution in [0.1, 0.15) is 26.0 Å². The smallest absolute Gasteiger partial charge is 0.127 e. The van der Waals surface area contributed by atoms with E-state index >= 15 is 0 Å². The molecule has 0 radical (unpaired) electrons. The molecule has 2 aromatic rings. The minimum absolute atomic E-state index is 0.182. The highest BCUT2D eigenvalue weighted by atomic mass is 35.5. The lowest BCUT2D eigenvalue weighted by atomic mass is 10.0. The van der Waals surface area contributed by atoms with E-state index in [2.05, 4.69) is 28.3 Å². The number of nitrogens with zero attached hydrogens (tertiary/aromatic N) is 3. The van der Waals surface area contributed by atoms with Gasteiger partial charge in [0.15, 0.2) is 0 Å².